The molecule has 1 saturated carbocycles. The van der Waals surface area contributed by atoms with E-state index in [-0.39, 0.29) is 12.3 Å². The van der Waals surface area contributed by atoms with E-state index in [1.807, 2.05) is 0 Å². The van der Waals surface area contributed by atoms with Crippen LogP contribution in [-0.2, 0) is 4.74 Å². The van der Waals surface area contributed by atoms with Crippen LogP contribution < -0.4 is 0 Å². The van der Waals surface area contributed by atoms with Crippen molar-refractivity contribution in [2.75, 3.05) is 7.05 Å². The number of nitrogens with zero attached hydrogens (tertiary/aromatic N) is 1. The number of likely N-dealkylation sites (N-methyl/N-ethyl adjacent to an activating group) is 1. The SMILES string of the molecule is C[C@@H](C[C@@H]1O[C@H](c2ccccc2)[C@H](C)N1C)C1CCCCC1. The van der Waals surface area contributed by atoms with Crippen molar-refractivity contribution in [1.29, 1.82) is 0 Å². The molecule has 2 nitrogen and oxygen atoms in total. The maximum absolute atomic E-state index is 6.46. The van der Waals surface area contributed by atoms with E-state index >= 15 is 0 Å². The summed E-state index contributed by atoms with van der Waals surface area (Å²) in [5.41, 5.74) is 1.31. The highest BCUT2D eigenvalue weighted by Crippen LogP contribution is 2.39. The Morgan fingerprint density at radius 3 is 2.50 bits per heavy atom. The molecular weight excluding hydrogens is 270 g/mol. The Bertz CT molecular complexity index is 454. The van der Waals surface area contributed by atoms with Crippen molar-refractivity contribution in [3.8, 4) is 0 Å². The van der Waals surface area contributed by atoms with E-state index in [4.69, 9.17) is 4.74 Å². The molecule has 22 heavy (non-hydrogen) atoms. The van der Waals surface area contributed by atoms with Gasteiger partial charge in [0.15, 0.2) is 0 Å². The molecule has 0 radical (unpaired) electrons. The molecule has 0 unspecified atom stereocenters. The highest BCUT2D eigenvalue weighted by Gasteiger charge is 2.39. The number of rotatable bonds is 4. The normalized spacial score (nSPS) is 32.2. The maximum atomic E-state index is 6.46. The van der Waals surface area contributed by atoms with Gasteiger partial charge in [0.1, 0.15) is 6.23 Å². The predicted molar refractivity (Wildman–Crippen MR) is 91.6 cm³/mol. The largest absolute Gasteiger partial charge is 0.354 e. The number of hydrogen-bond acceptors (Lipinski definition) is 2. The Kier molecular flexibility index (Phi) is 5.20. The summed E-state index contributed by atoms with van der Waals surface area (Å²) in [4.78, 5) is 2.44. The fourth-order valence-corrected chi connectivity index (χ4v) is 4.29. The topological polar surface area (TPSA) is 12.5 Å². The molecule has 0 N–H and O–H groups in total. The molecule has 2 aliphatic rings. The van der Waals surface area contributed by atoms with Crippen molar-refractivity contribution >= 4 is 0 Å². The first-order valence-electron chi connectivity index (χ1n) is 9.09. The van der Waals surface area contributed by atoms with E-state index in [2.05, 4.69) is 56.1 Å². The molecule has 1 aliphatic heterocycles. The second kappa shape index (κ2) is 7.14. The molecule has 0 aromatic heterocycles. The fourth-order valence-electron chi connectivity index (χ4n) is 4.29. The monoisotopic (exact) mass is 301 g/mol. The molecule has 0 spiro atoms. The first-order valence-corrected chi connectivity index (χ1v) is 9.09. The van der Waals surface area contributed by atoms with Crippen LogP contribution in [0.5, 0.6) is 0 Å². The molecule has 3 rings (SSSR count). The van der Waals surface area contributed by atoms with Gasteiger partial charge in [-0.15, -0.1) is 0 Å². The Hall–Kier alpha value is -0.860. The van der Waals surface area contributed by atoms with E-state index < -0.39 is 0 Å². The lowest BCUT2D eigenvalue weighted by molar-refractivity contribution is -0.0144. The third kappa shape index (κ3) is 3.38. The van der Waals surface area contributed by atoms with E-state index in [9.17, 15) is 0 Å². The lowest BCUT2D eigenvalue weighted by Gasteiger charge is -2.31. The van der Waals surface area contributed by atoms with Crippen LogP contribution in [0.3, 0.4) is 0 Å². The second-order valence-corrected chi connectivity index (χ2v) is 7.44. The van der Waals surface area contributed by atoms with Crippen LogP contribution in [0.25, 0.3) is 0 Å². The Morgan fingerprint density at radius 1 is 1.14 bits per heavy atom. The van der Waals surface area contributed by atoms with Gasteiger partial charge in [-0.1, -0.05) is 69.4 Å². The summed E-state index contributed by atoms with van der Waals surface area (Å²) in [6.45, 7) is 4.73. The van der Waals surface area contributed by atoms with E-state index in [0.29, 0.717) is 6.04 Å². The lowest BCUT2D eigenvalue weighted by Crippen LogP contribution is -2.34. The van der Waals surface area contributed by atoms with E-state index in [1.54, 1.807) is 0 Å². The summed E-state index contributed by atoms with van der Waals surface area (Å²) < 4.78 is 6.46. The molecule has 1 aromatic carbocycles. The highest BCUT2D eigenvalue weighted by atomic mass is 16.5. The molecule has 1 aromatic rings. The quantitative estimate of drug-likeness (QED) is 0.775. The minimum Gasteiger partial charge on any atom is -0.354 e. The molecule has 0 bridgehead atoms. The van der Waals surface area contributed by atoms with Gasteiger partial charge in [0.25, 0.3) is 0 Å². The molecule has 2 heteroatoms. The Morgan fingerprint density at radius 2 is 1.82 bits per heavy atom. The third-order valence-corrected chi connectivity index (χ3v) is 5.99. The summed E-state index contributed by atoms with van der Waals surface area (Å²) >= 11 is 0. The average Bonchev–Trinajstić information content (AvgIpc) is 2.85. The molecule has 2 fully saturated rings. The van der Waals surface area contributed by atoms with Crippen molar-refractivity contribution < 1.29 is 4.74 Å². The molecular formula is C20H31NO. The third-order valence-electron chi connectivity index (χ3n) is 5.99. The molecule has 0 amide bonds. The van der Waals surface area contributed by atoms with Crippen molar-refractivity contribution in [2.24, 2.45) is 11.8 Å². The summed E-state index contributed by atoms with van der Waals surface area (Å²) in [7, 11) is 2.23. The minimum atomic E-state index is 0.217. The average molecular weight is 301 g/mol. The first kappa shape index (κ1) is 16.0. The van der Waals surface area contributed by atoms with E-state index in [1.165, 1.54) is 44.1 Å². The molecule has 1 heterocycles. The van der Waals surface area contributed by atoms with Gasteiger partial charge in [0, 0.05) is 6.04 Å². The van der Waals surface area contributed by atoms with Crippen LogP contribution in [0.15, 0.2) is 30.3 Å². The minimum absolute atomic E-state index is 0.217. The molecule has 122 valence electrons. The van der Waals surface area contributed by atoms with Gasteiger partial charge >= 0.3 is 0 Å². The van der Waals surface area contributed by atoms with Crippen LogP contribution in [-0.4, -0.2) is 24.2 Å². The fraction of sp³-hybridized carbons (Fsp3) is 0.700. The van der Waals surface area contributed by atoms with Crippen molar-refractivity contribution in [2.45, 2.75) is 70.7 Å². The van der Waals surface area contributed by atoms with Crippen LogP contribution >= 0.6 is 0 Å². The zero-order valence-corrected chi connectivity index (χ0v) is 14.4. The van der Waals surface area contributed by atoms with Gasteiger partial charge in [0.2, 0.25) is 0 Å². The molecule has 1 aliphatic carbocycles. The smallest absolute Gasteiger partial charge is 0.111 e. The highest BCUT2D eigenvalue weighted by molar-refractivity contribution is 5.20. The molecule has 1 saturated heterocycles. The molecule has 4 atom stereocenters. The number of hydrogen-bond donors (Lipinski definition) is 0. The van der Waals surface area contributed by atoms with Gasteiger partial charge < -0.3 is 4.74 Å². The Labute approximate surface area is 135 Å². The zero-order valence-electron chi connectivity index (χ0n) is 14.4. The lowest BCUT2D eigenvalue weighted by atomic mass is 9.79. The van der Waals surface area contributed by atoms with Crippen LogP contribution in [0.1, 0.15) is 64.0 Å². The summed E-state index contributed by atoms with van der Waals surface area (Å²) in [6, 6.07) is 11.2. The van der Waals surface area contributed by atoms with Crippen molar-refractivity contribution in [3.63, 3.8) is 0 Å². The van der Waals surface area contributed by atoms with Crippen LogP contribution in [0.2, 0.25) is 0 Å². The van der Waals surface area contributed by atoms with Crippen molar-refractivity contribution in [3.05, 3.63) is 35.9 Å². The predicted octanol–water partition coefficient (Wildman–Crippen LogP) is 5.01. The Balaban J connectivity index is 1.62. The van der Waals surface area contributed by atoms with Crippen LogP contribution in [0, 0.1) is 11.8 Å². The van der Waals surface area contributed by atoms with Crippen molar-refractivity contribution in [1.82, 2.24) is 4.90 Å². The first-order chi connectivity index (χ1) is 10.7. The standard InChI is InChI=1S/C20H31NO/c1-15(17-10-6-4-7-11-17)14-19-21(3)16(2)20(22-19)18-12-8-5-9-13-18/h5,8-9,12-13,15-17,19-20H,4,6-7,10-11,14H2,1-3H3/t15-,16-,19-,20-/m0/s1. The summed E-state index contributed by atoms with van der Waals surface area (Å²) in [5.74, 6) is 1.69. The van der Waals surface area contributed by atoms with E-state index in [0.717, 1.165) is 11.8 Å². The summed E-state index contributed by atoms with van der Waals surface area (Å²) in [6.07, 6.45) is 8.82. The van der Waals surface area contributed by atoms with Crippen LogP contribution in [0.4, 0.5) is 0 Å². The maximum Gasteiger partial charge on any atom is 0.111 e. The van der Waals surface area contributed by atoms with Gasteiger partial charge in [-0.2, -0.15) is 0 Å². The van der Waals surface area contributed by atoms with Gasteiger partial charge in [-0.05, 0) is 37.8 Å². The van der Waals surface area contributed by atoms with Gasteiger partial charge in [0.05, 0.1) is 6.10 Å². The zero-order chi connectivity index (χ0) is 15.5. The second-order valence-electron chi connectivity index (χ2n) is 7.44. The number of benzene rings is 1. The van der Waals surface area contributed by atoms with Gasteiger partial charge in [-0.25, -0.2) is 0 Å². The number of ether oxygens (including phenoxy) is 1. The summed E-state index contributed by atoms with van der Waals surface area (Å²) in [5, 5.41) is 0. The van der Waals surface area contributed by atoms with Gasteiger partial charge in [-0.3, -0.25) is 4.90 Å².